The molecule has 1 amide bonds. The Morgan fingerprint density at radius 3 is 2.95 bits per heavy atom. The number of amides is 1. The average Bonchev–Trinajstić information content (AvgIpc) is 2.81. The first-order chi connectivity index (χ1) is 9.56. The van der Waals surface area contributed by atoms with Gasteiger partial charge in [0.15, 0.2) is 0 Å². The summed E-state index contributed by atoms with van der Waals surface area (Å²) in [4.78, 5) is 12.0. The van der Waals surface area contributed by atoms with Gasteiger partial charge in [-0.25, -0.2) is 4.39 Å². The molecule has 2 aromatic rings. The van der Waals surface area contributed by atoms with Crippen LogP contribution in [0.5, 0.6) is 0 Å². The Labute approximate surface area is 121 Å². The second kappa shape index (κ2) is 6.56. The molecule has 0 saturated carbocycles. The van der Waals surface area contributed by atoms with Crippen LogP contribution in [0.3, 0.4) is 0 Å². The van der Waals surface area contributed by atoms with Crippen molar-refractivity contribution in [3.8, 4) is 0 Å². The highest BCUT2D eigenvalue weighted by Gasteiger charge is 2.14. The number of halogens is 1. The van der Waals surface area contributed by atoms with Crippen molar-refractivity contribution in [1.82, 2.24) is 9.78 Å². The molecule has 2 rings (SSSR count). The Bertz CT molecular complexity index is 600. The summed E-state index contributed by atoms with van der Waals surface area (Å²) in [6.45, 7) is 1.83. The fourth-order valence-electron chi connectivity index (χ4n) is 1.64. The van der Waals surface area contributed by atoms with Crippen molar-refractivity contribution in [2.45, 2.75) is 17.9 Å². The van der Waals surface area contributed by atoms with Gasteiger partial charge in [0, 0.05) is 30.4 Å². The normalized spacial score (nSPS) is 12.2. The van der Waals surface area contributed by atoms with E-state index in [0.717, 1.165) is 5.69 Å². The van der Waals surface area contributed by atoms with E-state index in [1.807, 2.05) is 20.0 Å². The van der Waals surface area contributed by atoms with Gasteiger partial charge in [-0.1, -0.05) is 6.07 Å². The Morgan fingerprint density at radius 1 is 1.50 bits per heavy atom. The van der Waals surface area contributed by atoms with E-state index in [0.29, 0.717) is 11.4 Å². The lowest BCUT2D eigenvalue weighted by molar-refractivity contribution is -0.115. The number of aryl methyl sites for hydroxylation is 1. The molecule has 1 atom stereocenters. The molecule has 0 radical (unpaired) electrons. The molecule has 1 aromatic heterocycles. The molecule has 1 heterocycles. The molecule has 0 aliphatic carbocycles. The monoisotopic (exact) mass is 293 g/mol. The lowest BCUT2D eigenvalue weighted by atomic mass is 10.3. The number of anilines is 1. The number of hydrogen-bond donors (Lipinski definition) is 1. The molecule has 0 spiro atoms. The van der Waals surface area contributed by atoms with Gasteiger partial charge in [-0.3, -0.25) is 9.48 Å². The molecule has 106 valence electrons. The van der Waals surface area contributed by atoms with Crippen LogP contribution in [0.15, 0.2) is 36.5 Å². The molecule has 1 aromatic carbocycles. The van der Waals surface area contributed by atoms with Crippen molar-refractivity contribution < 1.29 is 9.18 Å². The predicted octanol–water partition coefficient (Wildman–Crippen LogP) is 2.82. The van der Waals surface area contributed by atoms with Crippen molar-refractivity contribution in [3.63, 3.8) is 0 Å². The van der Waals surface area contributed by atoms with Crippen LogP contribution >= 0.6 is 11.8 Å². The van der Waals surface area contributed by atoms with Crippen molar-refractivity contribution in [1.29, 1.82) is 0 Å². The summed E-state index contributed by atoms with van der Waals surface area (Å²) in [6, 6.07) is 7.80. The summed E-state index contributed by atoms with van der Waals surface area (Å²) >= 11 is 1.51. The minimum atomic E-state index is -0.363. The molecule has 4 nitrogen and oxygen atoms in total. The van der Waals surface area contributed by atoms with Gasteiger partial charge in [0.2, 0.25) is 5.91 Å². The molecule has 1 unspecified atom stereocenters. The van der Waals surface area contributed by atoms with E-state index in [2.05, 4.69) is 10.4 Å². The lowest BCUT2D eigenvalue weighted by Crippen LogP contribution is -2.22. The molecule has 0 aliphatic heterocycles. The highest BCUT2D eigenvalue weighted by molar-refractivity contribution is 7.99. The highest BCUT2D eigenvalue weighted by atomic mass is 32.2. The zero-order valence-corrected chi connectivity index (χ0v) is 12.2. The number of rotatable bonds is 5. The molecular formula is C14H16FN3OS. The van der Waals surface area contributed by atoms with E-state index < -0.39 is 0 Å². The van der Waals surface area contributed by atoms with Crippen molar-refractivity contribution >= 4 is 23.4 Å². The fourth-order valence-corrected chi connectivity index (χ4v) is 2.55. The van der Waals surface area contributed by atoms with E-state index in [4.69, 9.17) is 0 Å². The first-order valence-corrected chi connectivity index (χ1v) is 7.26. The number of hydrogen-bond acceptors (Lipinski definition) is 3. The Kier molecular flexibility index (Phi) is 4.79. The average molecular weight is 293 g/mol. The van der Waals surface area contributed by atoms with Gasteiger partial charge in [-0.2, -0.15) is 5.10 Å². The second-order valence-electron chi connectivity index (χ2n) is 4.40. The third kappa shape index (κ3) is 3.84. The predicted molar refractivity (Wildman–Crippen MR) is 79.0 cm³/mol. The zero-order valence-electron chi connectivity index (χ0n) is 11.3. The van der Waals surface area contributed by atoms with E-state index in [-0.39, 0.29) is 17.0 Å². The smallest absolute Gasteiger partial charge is 0.237 e. The van der Waals surface area contributed by atoms with Crippen LogP contribution < -0.4 is 5.32 Å². The number of carbonyl (C=O) groups excluding carboxylic acids is 1. The van der Waals surface area contributed by atoms with Gasteiger partial charge >= 0.3 is 0 Å². The molecule has 20 heavy (non-hydrogen) atoms. The second-order valence-corrected chi connectivity index (χ2v) is 5.73. The SMILES string of the molecule is CC(SCc1ccnn1C)C(=O)Nc1cccc(F)c1. The molecule has 0 bridgehead atoms. The minimum absolute atomic E-state index is 0.136. The number of thioether (sulfide) groups is 1. The highest BCUT2D eigenvalue weighted by Crippen LogP contribution is 2.19. The first kappa shape index (κ1) is 14.6. The first-order valence-electron chi connectivity index (χ1n) is 6.21. The summed E-state index contributed by atoms with van der Waals surface area (Å²) in [5, 5.41) is 6.55. The minimum Gasteiger partial charge on any atom is -0.325 e. The molecule has 1 N–H and O–H groups in total. The summed E-state index contributed by atoms with van der Waals surface area (Å²) < 4.78 is 14.8. The van der Waals surface area contributed by atoms with Crippen LogP contribution in [0.25, 0.3) is 0 Å². The Hall–Kier alpha value is -1.82. The molecule has 0 fully saturated rings. The van der Waals surface area contributed by atoms with E-state index in [9.17, 15) is 9.18 Å². The van der Waals surface area contributed by atoms with Crippen LogP contribution in [0.1, 0.15) is 12.6 Å². The van der Waals surface area contributed by atoms with Crippen LogP contribution in [0, 0.1) is 5.82 Å². The Morgan fingerprint density at radius 2 is 2.30 bits per heavy atom. The number of nitrogens with one attached hydrogen (secondary N) is 1. The topological polar surface area (TPSA) is 46.9 Å². The van der Waals surface area contributed by atoms with Gasteiger partial charge < -0.3 is 5.32 Å². The maximum Gasteiger partial charge on any atom is 0.237 e. The van der Waals surface area contributed by atoms with Crippen LogP contribution in [0.2, 0.25) is 0 Å². The molecule has 0 aliphatic rings. The summed E-state index contributed by atoms with van der Waals surface area (Å²) in [5.41, 5.74) is 1.53. The number of aromatic nitrogens is 2. The van der Waals surface area contributed by atoms with E-state index >= 15 is 0 Å². The molecule has 0 saturated heterocycles. The molecule has 6 heteroatoms. The summed E-state index contributed by atoms with van der Waals surface area (Å²) in [6.07, 6.45) is 1.73. The fraction of sp³-hybridized carbons (Fsp3) is 0.286. The number of benzene rings is 1. The van der Waals surface area contributed by atoms with Crippen LogP contribution in [-0.4, -0.2) is 20.9 Å². The maximum atomic E-state index is 13.0. The van der Waals surface area contributed by atoms with Gasteiger partial charge in [0.05, 0.1) is 5.25 Å². The van der Waals surface area contributed by atoms with Gasteiger partial charge in [0.25, 0.3) is 0 Å². The van der Waals surface area contributed by atoms with Crippen molar-refractivity contribution in [2.24, 2.45) is 7.05 Å². The summed E-state index contributed by atoms with van der Waals surface area (Å²) in [5.74, 6) is 0.203. The lowest BCUT2D eigenvalue weighted by Gasteiger charge is -2.12. The van der Waals surface area contributed by atoms with Gasteiger partial charge in [-0.05, 0) is 31.2 Å². The largest absolute Gasteiger partial charge is 0.325 e. The van der Waals surface area contributed by atoms with Gasteiger partial charge in [-0.15, -0.1) is 11.8 Å². The standard InChI is InChI=1S/C14H16FN3OS/c1-10(20-9-13-6-7-16-18(13)2)14(19)17-12-5-3-4-11(15)8-12/h3-8,10H,9H2,1-2H3,(H,17,19). The zero-order chi connectivity index (χ0) is 14.5. The van der Waals surface area contributed by atoms with E-state index in [1.165, 1.54) is 23.9 Å². The molecular weight excluding hydrogens is 277 g/mol. The number of nitrogens with zero attached hydrogens (tertiary/aromatic N) is 2. The van der Waals surface area contributed by atoms with Crippen molar-refractivity contribution in [2.75, 3.05) is 5.32 Å². The number of carbonyl (C=O) groups is 1. The Balaban J connectivity index is 1.87. The maximum absolute atomic E-state index is 13.0. The summed E-state index contributed by atoms with van der Waals surface area (Å²) in [7, 11) is 1.87. The van der Waals surface area contributed by atoms with Crippen LogP contribution in [0.4, 0.5) is 10.1 Å². The third-order valence-corrected chi connectivity index (χ3v) is 4.04. The van der Waals surface area contributed by atoms with Gasteiger partial charge in [0.1, 0.15) is 5.82 Å². The van der Waals surface area contributed by atoms with E-state index in [1.54, 1.807) is 23.0 Å². The van der Waals surface area contributed by atoms with Crippen molar-refractivity contribution in [3.05, 3.63) is 48.0 Å². The quantitative estimate of drug-likeness (QED) is 0.922. The van der Waals surface area contributed by atoms with Crippen LogP contribution in [-0.2, 0) is 17.6 Å². The third-order valence-electron chi connectivity index (χ3n) is 2.87.